The number of nitrogens with zero attached hydrogens (tertiary/aromatic N) is 3. The van der Waals surface area contributed by atoms with E-state index in [0.717, 1.165) is 44.4 Å². The summed E-state index contributed by atoms with van der Waals surface area (Å²) in [6, 6.07) is 57.2. The Morgan fingerprint density at radius 3 is 1.62 bits per heavy atom. The van der Waals surface area contributed by atoms with Crippen molar-refractivity contribution >= 4 is 21.9 Å². The second-order valence-electron chi connectivity index (χ2n) is 14.0. The van der Waals surface area contributed by atoms with E-state index in [1.807, 2.05) is 66.7 Å². The molecule has 1 aliphatic rings. The van der Waals surface area contributed by atoms with Crippen LogP contribution in [0.2, 0.25) is 0 Å². The lowest BCUT2D eigenvalue weighted by Crippen LogP contribution is -2.14. The first kappa shape index (κ1) is 30.2. The first-order valence-electron chi connectivity index (χ1n) is 17.7. The van der Waals surface area contributed by atoms with E-state index in [9.17, 15) is 0 Å². The van der Waals surface area contributed by atoms with Gasteiger partial charge < -0.3 is 4.42 Å². The number of para-hydroxylation sites is 1. The van der Waals surface area contributed by atoms with E-state index in [1.54, 1.807) is 0 Å². The van der Waals surface area contributed by atoms with Gasteiger partial charge in [0, 0.05) is 38.4 Å². The van der Waals surface area contributed by atoms with Gasteiger partial charge in [-0.15, -0.1) is 0 Å². The Balaban J connectivity index is 0.995. The van der Waals surface area contributed by atoms with Gasteiger partial charge in [0.05, 0.1) is 0 Å². The first-order valence-corrected chi connectivity index (χ1v) is 17.7. The molecular formula is C48H33N3O. The molecule has 2 heterocycles. The molecule has 0 spiro atoms. The number of fused-ring (bicyclic) bond motifs is 7. The predicted molar refractivity (Wildman–Crippen MR) is 212 cm³/mol. The zero-order valence-corrected chi connectivity index (χ0v) is 28.8. The van der Waals surface area contributed by atoms with Crippen LogP contribution >= 0.6 is 0 Å². The molecule has 246 valence electrons. The van der Waals surface area contributed by atoms with Gasteiger partial charge in [0.25, 0.3) is 0 Å². The summed E-state index contributed by atoms with van der Waals surface area (Å²) in [7, 11) is 0. The van der Waals surface area contributed by atoms with Gasteiger partial charge in [0.2, 0.25) is 0 Å². The van der Waals surface area contributed by atoms with Crippen molar-refractivity contribution in [2.24, 2.45) is 0 Å². The van der Waals surface area contributed by atoms with Crippen molar-refractivity contribution < 1.29 is 4.42 Å². The van der Waals surface area contributed by atoms with Crippen LogP contribution in [0.4, 0.5) is 0 Å². The zero-order chi connectivity index (χ0) is 34.8. The topological polar surface area (TPSA) is 51.8 Å². The van der Waals surface area contributed by atoms with E-state index < -0.39 is 0 Å². The van der Waals surface area contributed by atoms with E-state index in [0.29, 0.717) is 17.5 Å². The van der Waals surface area contributed by atoms with Crippen molar-refractivity contribution in [1.82, 2.24) is 15.0 Å². The molecule has 9 aromatic rings. The van der Waals surface area contributed by atoms with Crippen LogP contribution in [-0.2, 0) is 5.41 Å². The molecule has 0 N–H and O–H groups in total. The van der Waals surface area contributed by atoms with Crippen LogP contribution in [0.1, 0.15) is 25.0 Å². The minimum atomic E-state index is -0.149. The minimum absolute atomic E-state index is 0.149. The Morgan fingerprint density at radius 1 is 0.404 bits per heavy atom. The fourth-order valence-corrected chi connectivity index (χ4v) is 7.81. The van der Waals surface area contributed by atoms with Crippen LogP contribution in [0.25, 0.3) is 89.5 Å². The van der Waals surface area contributed by atoms with Gasteiger partial charge in [-0.2, -0.15) is 0 Å². The molecule has 0 atom stereocenters. The molecule has 0 unspecified atom stereocenters. The van der Waals surface area contributed by atoms with Crippen LogP contribution < -0.4 is 0 Å². The van der Waals surface area contributed by atoms with Crippen LogP contribution in [0.15, 0.2) is 168 Å². The number of aromatic nitrogens is 3. The summed E-state index contributed by atoms with van der Waals surface area (Å²) in [5, 5.41) is 2.33. The van der Waals surface area contributed by atoms with Crippen LogP contribution in [0, 0.1) is 0 Å². The van der Waals surface area contributed by atoms with Crippen molar-refractivity contribution in [1.29, 1.82) is 0 Å². The van der Waals surface area contributed by atoms with Crippen LogP contribution in [0.5, 0.6) is 0 Å². The third-order valence-electron chi connectivity index (χ3n) is 10.6. The van der Waals surface area contributed by atoms with Gasteiger partial charge in [-0.3, -0.25) is 0 Å². The highest BCUT2D eigenvalue weighted by molar-refractivity contribution is 6.11. The predicted octanol–water partition coefficient (Wildman–Crippen LogP) is 12.4. The summed E-state index contributed by atoms with van der Waals surface area (Å²) in [6.07, 6.45) is 0. The molecule has 52 heavy (non-hydrogen) atoms. The van der Waals surface area contributed by atoms with Crippen molar-refractivity contribution in [3.05, 3.63) is 175 Å². The lowest BCUT2D eigenvalue weighted by Gasteiger charge is -2.22. The zero-order valence-electron chi connectivity index (χ0n) is 28.8. The summed E-state index contributed by atoms with van der Waals surface area (Å²) >= 11 is 0. The standard InChI is InChI=1S/C48H33N3O/c1-48(2)40-27-26-38-37-18-9-10-19-42(37)52-44(38)43(40)39-25-24-35(29-41(39)48)31-22-20-30(21-23-31)34-16-11-17-36(28-34)47-50-45(32-12-5-3-6-13-32)49-46(51-47)33-14-7-4-8-15-33/h3-29H,1-2H3. The minimum Gasteiger partial charge on any atom is -0.455 e. The number of rotatable bonds is 5. The van der Waals surface area contributed by atoms with Gasteiger partial charge in [-0.1, -0.05) is 159 Å². The summed E-state index contributed by atoms with van der Waals surface area (Å²) in [4.78, 5) is 14.7. The van der Waals surface area contributed by atoms with Crippen LogP contribution in [0.3, 0.4) is 0 Å². The van der Waals surface area contributed by atoms with E-state index in [1.165, 1.54) is 38.8 Å². The Kier molecular flexibility index (Phi) is 6.80. The van der Waals surface area contributed by atoms with Gasteiger partial charge in [0.15, 0.2) is 17.5 Å². The number of hydrogen-bond donors (Lipinski definition) is 0. The second-order valence-corrected chi connectivity index (χ2v) is 14.0. The maximum Gasteiger partial charge on any atom is 0.164 e. The average Bonchev–Trinajstić information content (AvgIpc) is 3.70. The Morgan fingerprint density at radius 2 is 0.942 bits per heavy atom. The SMILES string of the molecule is CC1(C)c2cc(-c3ccc(-c4cccc(-c5nc(-c6ccccc6)nc(-c6ccccc6)n5)c4)cc3)ccc2-c2c1ccc1c2oc2ccccc21. The fraction of sp³-hybridized carbons (Fsp3) is 0.0625. The van der Waals surface area contributed by atoms with Crippen LogP contribution in [-0.4, -0.2) is 15.0 Å². The highest BCUT2D eigenvalue weighted by Gasteiger charge is 2.38. The Labute approximate surface area is 302 Å². The summed E-state index contributed by atoms with van der Waals surface area (Å²) < 4.78 is 6.49. The lowest BCUT2D eigenvalue weighted by molar-refractivity contribution is 0.653. The molecule has 0 aliphatic heterocycles. The van der Waals surface area contributed by atoms with E-state index >= 15 is 0 Å². The third kappa shape index (κ3) is 4.87. The maximum atomic E-state index is 6.49. The molecule has 2 aromatic heterocycles. The number of hydrogen-bond acceptors (Lipinski definition) is 4. The highest BCUT2D eigenvalue weighted by Crippen LogP contribution is 2.53. The van der Waals surface area contributed by atoms with Crippen molar-refractivity contribution in [2.45, 2.75) is 19.3 Å². The quantitative estimate of drug-likeness (QED) is 0.183. The highest BCUT2D eigenvalue weighted by atomic mass is 16.3. The van der Waals surface area contributed by atoms with Gasteiger partial charge >= 0.3 is 0 Å². The summed E-state index contributed by atoms with van der Waals surface area (Å²) in [6.45, 7) is 4.65. The molecule has 1 aliphatic carbocycles. The number of benzene rings is 7. The summed E-state index contributed by atoms with van der Waals surface area (Å²) in [5.74, 6) is 1.96. The normalized spacial score (nSPS) is 13.0. The molecule has 0 saturated heterocycles. The summed E-state index contributed by atoms with van der Waals surface area (Å²) in [5.41, 5.74) is 14.4. The molecule has 10 rings (SSSR count). The maximum absolute atomic E-state index is 6.49. The smallest absolute Gasteiger partial charge is 0.164 e. The Bertz CT molecular complexity index is 2740. The molecule has 4 nitrogen and oxygen atoms in total. The van der Waals surface area contributed by atoms with Gasteiger partial charge in [-0.05, 0) is 57.1 Å². The van der Waals surface area contributed by atoms with E-state index in [4.69, 9.17) is 19.4 Å². The second kappa shape index (κ2) is 11.7. The van der Waals surface area contributed by atoms with Crippen molar-refractivity contribution in [3.63, 3.8) is 0 Å². The van der Waals surface area contributed by atoms with E-state index in [2.05, 4.69) is 111 Å². The molecule has 4 heteroatoms. The molecular weight excluding hydrogens is 635 g/mol. The molecule has 7 aromatic carbocycles. The van der Waals surface area contributed by atoms with Crippen molar-refractivity contribution in [2.75, 3.05) is 0 Å². The molecule has 0 amide bonds. The largest absolute Gasteiger partial charge is 0.455 e. The first-order chi connectivity index (χ1) is 25.5. The molecule has 0 saturated carbocycles. The molecule has 0 fully saturated rings. The fourth-order valence-electron chi connectivity index (χ4n) is 7.81. The van der Waals surface area contributed by atoms with Gasteiger partial charge in [-0.25, -0.2) is 15.0 Å². The Hall–Kier alpha value is -6.65. The van der Waals surface area contributed by atoms with Crippen molar-refractivity contribution in [3.8, 4) is 67.5 Å². The average molecular weight is 668 g/mol. The molecule has 0 radical (unpaired) electrons. The monoisotopic (exact) mass is 667 g/mol. The molecule has 0 bridgehead atoms. The van der Waals surface area contributed by atoms with Gasteiger partial charge in [0.1, 0.15) is 11.2 Å². The third-order valence-corrected chi connectivity index (χ3v) is 10.6. The van der Waals surface area contributed by atoms with E-state index in [-0.39, 0.29) is 5.41 Å². The number of furan rings is 1. The lowest BCUT2D eigenvalue weighted by atomic mass is 9.81.